The fourth-order valence-electron chi connectivity index (χ4n) is 1.59. The van der Waals surface area contributed by atoms with Gasteiger partial charge in [-0.25, -0.2) is 0 Å². The lowest BCUT2D eigenvalue weighted by Crippen LogP contribution is -2.22. The first-order valence-corrected chi connectivity index (χ1v) is 4.39. The molecule has 4 nitrogen and oxygen atoms in total. The molecule has 0 heterocycles. The van der Waals surface area contributed by atoms with Crippen molar-refractivity contribution in [2.75, 3.05) is 0 Å². The van der Waals surface area contributed by atoms with E-state index < -0.39 is 0 Å². The summed E-state index contributed by atoms with van der Waals surface area (Å²) < 4.78 is 0. The first-order chi connectivity index (χ1) is 5.74. The summed E-state index contributed by atoms with van der Waals surface area (Å²) in [6, 6.07) is 0. The molecule has 1 saturated carbocycles. The third-order valence-corrected chi connectivity index (χ3v) is 2.24. The zero-order chi connectivity index (χ0) is 8.97. The number of hydrogen-bond acceptors (Lipinski definition) is 2. The minimum atomic E-state index is 0.0456. The van der Waals surface area contributed by atoms with Crippen LogP contribution in [0.25, 0.3) is 0 Å². The molecule has 0 aliphatic heterocycles. The van der Waals surface area contributed by atoms with E-state index in [1.807, 2.05) is 0 Å². The van der Waals surface area contributed by atoms with Crippen LogP contribution < -0.4 is 11.5 Å². The summed E-state index contributed by atoms with van der Waals surface area (Å²) in [7, 11) is 0. The fraction of sp³-hybridized carbons (Fsp3) is 0.750. The number of nitrogens with zero attached hydrogens (tertiary/aromatic N) is 2. The zero-order valence-corrected chi connectivity index (χ0v) is 7.45. The van der Waals surface area contributed by atoms with Gasteiger partial charge in [-0.05, 0) is 31.6 Å². The molecule has 1 aliphatic rings. The van der Waals surface area contributed by atoms with Crippen LogP contribution in [-0.2, 0) is 0 Å². The van der Waals surface area contributed by atoms with Crippen LogP contribution >= 0.6 is 0 Å². The van der Waals surface area contributed by atoms with Crippen molar-refractivity contribution in [1.82, 2.24) is 0 Å². The van der Waals surface area contributed by atoms with Gasteiger partial charge in [0.1, 0.15) is 0 Å². The minimum Gasteiger partial charge on any atom is -0.369 e. The fourth-order valence-corrected chi connectivity index (χ4v) is 1.59. The molecule has 0 radical (unpaired) electrons. The maximum absolute atomic E-state index is 5.18. The Morgan fingerprint density at radius 1 is 1.58 bits per heavy atom. The summed E-state index contributed by atoms with van der Waals surface area (Å²) in [4.78, 5) is 0. The Morgan fingerprint density at radius 3 is 2.92 bits per heavy atom. The highest BCUT2D eigenvalue weighted by molar-refractivity contribution is 5.89. The van der Waals surface area contributed by atoms with Gasteiger partial charge in [-0.2, -0.15) is 5.10 Å². The van der Waals surface area contributed by atoms with Crippen molar-refractivity contribution in [3.63, 3.8) is 0 Å². The van der Waals surface area contributed by atoms with Gasteiger partial charge in [0.2, 0.25) is 5.96 Å². The van der Waals surface area contributed by atoms with Crippen molar-refractivity contribution in [2.24, 2.45) is 27.6 Å². The Bertz CT molecular complexity index is 203. The van der Waals surface area contributed by atoms with Gasteiger partial charge in [0, 0.05) is 5.71 Å². The zero-order valence-electron chi connectivity index (χ0n) is 7.45. The van der Waals surface area contributed by atoms with E-state index in [2.05, 4.69) is 17.1 Å². The summed E-state index contributed by atoms with van der Waals surface area (Å²) in [5.74, 6) is 0.650. The van der Waals surface area contributed by atoms with E-state index in [4.69, 9.17) is 11.5 Å². The van der Waals surface area contributed by atoms with Crippen molar-refractivity contribution >= 4 is 11.7 Å². The molecule has 4 heteroatoms. The van der Waals surface area contributed by atoms with E-state index >= 15 is 0 Å². The van der Waals surface area contributed by atoms with Crippen molar-refractivity contribution < 1.29 is 0 Å². The number of rotatable bonds is 2. The van der Waals surface area contributed by atoms with E-state index in [0.29, 0.717) is 5.92 Å². The van der Waals surface area contributed by atoms with Gasteiger partial charge in [-0.15, -0.1) is 5.10 Å². The molecule has 4 N–H and O–H groups in total. The van der Waals surface area contributed by atoms with Gasteiger partial charge in [0.15, 0.2) is 0 Å². The number of nitrogens with two attached hydrogens (primary N) is 2. The maximum Gasteiger partial charge on any atom is 0.211 e. The summed E-state index contributed by atoms with van der Waals surface area (Å²) in [5, 5.41) is 7.69. The van der Waals surface area contributed by atoms with Gasteiger partial charge < -0.3 is 11.5 Å². The van der Waals surface area contributed by atoms with Gasteiger partial charge in [-0.1, -0.05) is 6.92 Å². The lowest BCUT2D eigenvalue weighted by atomic mass is 10.0. The average molecular weight is 168 g/mol. The second-order valence-corrected chi connectivity index (χ2v) is 3.11. The quantitative estimate of drug-likeness (QED) is 0.364. The van der Waals surface area contributed by atoms with E-state index in [1.54, 1.807) is 0 Å². The SMILES string of the molecule is CCC1CCCC1=NN=C(N)N. The van der Waals surface area contributed by atoms with Crippen LogP contribution in [0.15, 0.2) is 10.2 Å². The van der Waals surface area contributed by atoms with Crippen LogP contribution in [0.2, 0.25) is 0 Å². The highest BCUT2D eigenvalue weighted by atomic mass is 15.3. The highest BCUT2D eigenvalue weighted by Crippen LogP contribution is 2.25. The minimum absolute atomic E-state index is 0.0456. The van der Waals surface area contributed by atoms with Gasteiger partial charge >= 0.3 is 0 Å². The lowest BCUT2D eigenvalue weighted by Gasteiger charge is -2.04. The molecule has 0 saturated heterocycles. The first-order valence-electron chi connectivity index (χ1n) is 4.39. The number of guanidine groups is 1. The molecule has 0 spiro atoms. The standard InChI is InChI=1S/C8H16N4/c1-2-6-4-3-5-7(6)11-12-8(9)10/h6H,2-5H2,1H3,(H4,9,10,12). The van der Waals surface area contributed by atoms with Gasteiger partial charge in [-0.3, -0.25) is 0 Å². The van der Waals surface area contributed by atoms with Crippen LogP contribution in [-0.4, -0.2) is 11.7 Å². The third kappa shape index (κ3) is 2.22. The second kappa shape index (κ2) is 4.09. The molecule has 0 aromatic heterocycles. The van der Waals surface area contributed by atoms with E-state index in [-0.39, 0.29) is 5.96 Å². The van der Waals surface area contributed by atoms with Crippen LogP contribution in [0.5, 0.6) is 0 Å². The molecular formula is C8H16N4. The molecule has 0 aromatic rings. The molecule has 0 amide bonds. The van der Waals surface area contributed by atoms with Crippen molar-refractivity contribution in [3.05, 3.63) is 0 Å². The predicted octanol–water partition coefficient (Wildman–Crippen LogP) is 0.826. The topological polar surface area (TPSA) is 76.8 Å². The van der Waals surface area contributed by atoms with Crippen LogP contribution in [0.1, 0.15) is 32.6 Å². The predicted molar refractivity (Wildman–Crippen MR) is 50.9 cm³/mol. The normalized spacial score (nSPS) is 26.1. The second-order valence-electron chi connectivity index (χ2n) is 3.11. The molecule has 0 bridgehead atoms. The van der Waals surface area contributed by atoms with Gasteiger partial charge in [0.25, 0.3) is 0 Å². The molecule has 1 atom stereocenters. The monoisotopic (exact) mass is 168 g/mol. The summed E-state index contributed by atoms with van der Waals surface area (Å²) in [6.45, 7) is 2.17. The molecule has 68 valence electrons. The largest absolute Gasteiger partial charge is 0.369 e. The first kappa shape index (κ1) is 9.03. The Hall–Kier alpha value is -1.06. The summed E-state index contributed by atoms with van der Waals surface area (Å²) in [5.41, 5.74) is 11.5. The Kier molecular flexibility index (Phi) is 3.08. The lowest BCUT2D eigenvalue weighted by molar-refractivity contribution is 0.643. The average Bonchev–Trinajstić information content (AvgIpc) is 2.47. The smallest absolute Gasteiger partial charge is 0.211 e. The molecule has 12 heavy (non-hydrogen) atoms. The van der Waals surface area contributed by atoms with Gasteiger partial charge in [0.05, 0.1) is 0 Å². The van der Waals surface area contributed by atoms with Crippen LogP contribution in [0.4, 0.5) is 0 Å². The molecule has 1 rings (SSSR count). The Balaban J connectivity index is 2.61. The number of hydrogen-bond donors (Lipinski definition) is 2. The van der Waals surface area contributed by atoms with E-state index in [1.165, 1.54) is 12.8 Å². The maximum atomic E-state index is 5.18. The Morgan fingerprint density at radius 2 is 2.33 bits per heavy atom. The van der Waals surface area contributed by atoms with Crippen LogP contribution in [0.3, 0.4) is 0 Å². The summed E-state index contributed by atoms with van der Waals surface area (Å²) in [6.07, 6.45) is 4.64. The molecule has 0 aromatic carbocycles. The Labute approximate surface area is 72.7 Å². The third-order valence-electron chi connectivity index (χ3n) is 2.24. The van der Waals surface area contributed by atoms with E-state index in [9.17, 15) is 0 Å². The molecular weight excluding hydrogens is 152 g/mol. The van der Waals surface area contributed by atoms with Crippen molar-refractivity contribution in [3.8, 4) is 0 Å². The summed E-state index contributed by atoms with van der Waals surface area (Å²) >= 11 is 0. The molecule has 1 fully saturated rings. The van der Waals surface area contributed by atoms with Crippen molar-refractivity contribution in [2.45, 2.75) is 32.6 Å². The van der Waals surface area contributed by atoms with Crippen LogP contribution in [0, 0.1) is 5.92 Å². The van der Waals surface area contributed by atoms with Crippen molar-refractivity contribution in [1.29, 1.82) is 0 Å². The molecule has 1 aliphatic carbocycles. The van der Waals surface area contributed by atoms with E-state index in [0.717, 1.165) is 18.6 Å². The molecule has 1 unspecified atom stereocenters. The highest BCUT2D eigenvalue weighted by Gasteiger charge is 2.20.